The van der Waals surface area contributed by atoms with E-state index in [1.165, 1.54) is 44.1 Å². The van der Waals surface area contributed by atoms with E-state index in [1.54, 1.807) is 0 Å². The molecule has 1 aliphatic rings. The van der Waals surface area contributed by atoms with E-state index in [9.17, 15) is 4.79 Å². The molecular weight excluding hydrogens is 270 g/mol. The smallest absolute Gasteiger partial charge is 0.224 e. The second-order valence-electron chi connectivity index (χ2n) is 7.04. The van der Waals surface area contributed by atoms with Crippen molar-refractivity contribution in [1.82, 2.24) is 5.32 Å². The van der Waals surface area contributed by atoms with Gasteiger partial charge in [0.25, 0.3) is 0 Å². The highest BCUT2D eigenvalue weighted by atomic mass is 16.1. The maximum Gasteiger partial charge on any atom is 0.224 e. The molecular formula is C20H31NO. The highest BCUT2D eigenvalue weighted by Crippen LogP contribution is 2.18. The van der Waals surface area contributed by atoms with Gasteiger partial charge in [-0.15, -0.1) is 0 Å². The molecule has 0 radical (unpaired) electrons. The van der Waals surface area contributed by atoms with Gasteiger partial charge >= 0.3 is 0 Å². The van der Waals surface area contributed by atoms with E-state index >= 15 is 0 Å². The van der Waals surface area contributed by atoms with Crippen molar-refractivity contribution in [1.29, 1.82) is 0 Å². The van der Waals surface area contributed by atoms with E-state index in [2.05, 4.69) is 43.4 Å². The quantitative estimate of drug-likeness (QED) is 0.835. The number of hydrogen-bond acceptors (Lipinski definition) is 1. The normalized spacial score (nSPS) is 17.6. The van der Waals surface area contributed by atoms with Crippen molar-refractivity contribution in [3.8, 4) is 0 Å². The summed E-state index contributed by atoms with van der Waals surface area (Å²) in [4.78, 5) is 12.3. The minimum absolute atomic E-state index is 0.182. The van der Waals surface area contributed by atoms with Crippen molar-refractivity contribution in [3.63, 3.8) is 0 Å². The molecule has 0 aliphatic heterocycles. The lowest BCUT2D eigenvalue weighted by Crippen LogP contribution is -2.35. The van der Waals surface area contributed by atoms with Crippen molar-refractivity contribution < 1.29 is 4.79 Å². The van der Waals surface area contributed by atoms with E-state index < -0.39 is 0 Å². The molecule has 0 heterocycles. The molecule has 1 fully saturated rings. The molecule has 2 nitrogen and oxygen atoms in total. The molecule has 0 unspecified atom stereocenters. The third kappa shape index (κ3) is 5.82. The van der Waals surface area contributed by atoms with Crippen molar-refractivity contribution >= 4 is 5.91 Å². The van der Waals surface area contributed by atoms with Gasteiger partial charge in [0.15, 0.2) is 0 Å². The highest BCUT2D eigenvalue weighted by molar-refractivity contribution is 5.78. The Morgan fingerprint density at radius 1 is 1.00 bits per heavy atom. The first kappa shape index (κ1) is 17.1. The van der Waals surface area contributed by atoms with Gasteiger partial charge in [0.1, 0.15) is 0 Å². The largest absolute Gasteiger partial charge is 0.353 e. The molecule has 2 heteroatoms. The van der Waals surface area contributed by atoms with E-state index in [-0.39, 0.29) is 5.91 Å². The van der Waals surface area contributed by atoms with Crippen LogP contribution in [0.2, 0.25) is 0 Å². The first-order chi connectivity index (χ1) is 10.6. The molecule has 0 aromatic heterocycles. The van der Waals surface area contributed by atoms with Crippen LogP contribution < -0.4 is 5.32 Å². The fraction of sp³-hybridized carbons (Fsp3) is 0.650. The monoisotopic (exact) mass is 301 g/mol. The summed E-state index contributed by atoms with van der Waals surface area (Å²) in [5.41, 5.74) is 2.45. The van der Waals surface area contributed by atoms with Gasteiger partial charge < -0.3 is 5.32 Å². The van der Waals surface area contributed by atoms with E-state index in [0.717, 1.165) is 18.4 Å². The second-order valence-corrected chi connectivity index (χ2v) is 7.04. The molecule has 1 N–H and O–H groups in total. The van der Waals surface area contributed by atoms with Crippen LogP contribution in [-0.4, -0.2) is 11.9 Å². The maximum absolute atomic E-state index is 12.3. The van der Waals surface area contributed by atoms with Crippen molar-refractivity contribution in [2.45, 2.75) is 83.6 Å². The van der Waals surface area contributed by atoms with Gasteiger partial charge in [-0.25, -0.2) is 0 Å². The maximum atomic E-state index is 12.3. The van der Waals surface area contributed by atoms with Gasteiger partial charge in [-0.3, -0.25) is 4.79 Å². The average Bonchev–Trinajstić information content (AvgIpc) is 2.62. The number of rotatable bonds is 4. The summed E-state index contributed by atoms with van der Waals surface area (Å²) >= 11 is 0. The number of hydrogen-bond donors (Lipinski definition) is 1. The summed E-state index contributed by atoms with van der Waals surface area (Å²) in [6.45, 7) is 4.39. The Bertz CT molecular complexity index is 439. The molecule has 1 aliphatic carbocycles. The minimum Gasteiger partial charge on any atom is -0.353 e. The molecule has 0 atom stereocenters. The average molecular weight is 301 g/mol. The van der Waals surface area contributed by atoms with E-state index in [1.807, 2.05) is 0 Å². The summed E-state index contributed by atoms with van der Waals surface area (Å²) < 4.78 is 0. The predicted molar refractivity (Wildman–Crippen MR) is 93.1 cm³/mol. The van der Waals surface area contributed by atoms with Gasteiger partial charge in [0, 0.05) is 6.04 Å². The molecule has 0 bridgehead atoms. The van der Waals surface area contributed by atoms with Crippen LogP contribution in [0.1, 0.15) is 82.3 Å². The summed E-state index contributed by atoms with van der Waals surface area (Å²) in [7, 11) is 0. The van der Waals surface area contributed by atoms with Crippen LogP contribution in [0.5, 0.6) is 0 Å². The Kier molecular flexibility index (Phi) is 6.95. The van der Waals surface area contributed by atoms with Crippen LogP contribution in [0.15, 0.2) is 24.3 Å². The van der Waals surface area contributed by atoms with Crippen LogP contribution in [0.3, 0.4) is 0 Å². The Balaban J connectivity index is 1.82. The summed E-state index contributed by atoms with van der Waals surface area (Å²) in [5.74, 6) is 0.725. The predicted octanol–water partition coefficient (Wildman–Crippen LogP) is 4.97. The molecule has 1 saturated carbocycles. The molecule has 2 rings (SSSR count). The minimum atomic E-state index is 0.182. The second kappa shape index (κ2) is 8.97. The summed E-state index contributed by atoms with van der Waals surface area (Å²) in [6, 6.07) is 8.87. The lowest BCUT2D eigenvalue weighted by Gasteiger charge is -2.18. The third-order valence-electron chi connectivity index (χ3n) is 4.73. The molecule has 1 amide bonds. The van der Waals surface area contributed by atoms with E-state index in [4.69, 9.17) is 0 Å². The van der Waals surface area contributed by atoms with Gasteiger partial charge in [0.05, 0.1) is 6.42 Å². The topological polar surface area (TPSA) is 29.1 Å². The fourth-order valence-corrected chi connectivity index (χ4v) is 3.26. The Labute approximate surface area is 135 Å². The van der Waals surface area contributed by atoms with Gasteiger partial charge in [-0.1, -0.05) is 76.6 Å². The van der Waals surface area contributed by atoms with Gasteiger partial charge in [-0.05, 0) is 29.9 Å². The third-order valence-corrected chi connectivity index (χ3v) is 4.73. The van der Waals surface area contributed by atoms with Crippen LogP contribution in [0.4, 0.5) is 0 Å². The standard InChI is InChI=1S/C20H31NO/c1-16(2)18-13-11-17(12-14-18)15-20(22)21-19-9-7-5-3-4-6-8-10-19/h11-14,16,19H,3-10,15H2,1-2H3,(H,21,22). The number of nitrogens with one attached hydrogen (secondary N) is 1. The fourth-order valence-electron chi connectivity index (χ4n) is 3.26. The Hall–Kier alpha value is -1.31. The van der Waals surface area contributed by atoms with Gasteiger partial charge in [0.2, 0.25) is 5.91 Å². The molecule has 0 spiro atoms. The van der Waals surface area contributed by atoms with Gasteiger partial charge in [-0.2, -0.15) is 0 Å². The first-order valence-electron chi connectivity index (χ1n) is 9.03. The van der Waals surface area contributed by atoms with Crippen molar-refractivity contribution in [3.05, 3.63) is 35.4 Å². The van der Waals surface area contributed by atoms with Crippen LogP contribution in [-0.2, 0) is 11.2 Å². The Morgan fingerprint density at radius 2 is 1.55 bits per heavy atom. The molecule has 0 saturated heterocycles. The number of amides is 1. The molecule has 22 heavy (non-hydrogen) atoms. The SMILES string of the molecule is CC(C)c1ccc(CC(=O)NC2CCCCCCCC2)cc1. The van der Waals surface area contributed by atoms with E-state index in [0.29, 0.717) is 18.4 Å². The Morgan fingerprint density at radius 3 is 2.09 bits per heavy atom. The zero-order chi connectivity index (χ0) is 15.8. The van der Waals surface area contributed by atoms with Crippen LogP contribution >= 0.6 is 0 Å². The zero-order valence-electron chi connectivity index (χ0n) is 14.2. The molecule has 1 aromatic rings. The number of carbonyl (C=O) groups excluding carboxylic acids is 1. The first-order valence-corrected chi connectivity index (χ1v) is 9.03. The lowest BCUT2D eigenvalue weighted by molar-refractivity contribution is -0.121. The highest BCUT2D eigenvalue weighted by Gasteiger charge is 2.13. The summed E-state index contributed by atoms with van der Waals surface area (Å²) in [5, 5.41) is 3.26. The van der Waals surface area contributed by atoms with Crippen LogP contribution in [0, 0.1) is 0 Å². The molecule has 122 valence electrons. The number of carbonyl (C=O) groups is 1. The lowest BCUT2D eigenvalue weighted by atomic mass is 10.0. The summed E-state index contributed by atoms with van der Waals surface area (Å²) in [6.07, 6.45) is 10.7. The van der Waals surface area contributed by atoms with Crippen molar-refractivity contribution in [2.75, 3.05) is 0 Å². The molecule has 1 aromatic carbocycles. The van der Waals surface area contributed by atoms with Crippen molar-refractivity contribution in [2.24, 2.45) is 0 Å². The zero-order valence-corrected chi connectivity index (χ0v) is 14.2. The number of benzene rings is 1. The van der Waals surface area contributed by atoms with Crippen LogP contribution in [0.25, 0.3) is 0 Å².